The number of rotatable bonds is 5. The first kappa shape index (κ1) is 15.0. The van der Waals surface area contributed by atoms with Crippen molar-refractivity contribution in [3.8, 4) is 0 Å². The van der Waals surface area contributed by atoms with Crippen molar-refractivity contribution < 1.29 is 19.8 Å². The summed E-state index contributed by atoms with van der Waals surface area (Å²) < 4.78 is 0. The van der Waals surface area contributed by atoms with Crippen LogP contribution in [-0.2, 0) is 9.59 Å². The number of carbonyl (C=O) groups is 2. The topological polar surface area (TPSA) is 86.6 Å². The molecule has 3 atom stereocenters. The molecule has 1 aliphatic carbocycles. The summed E-state index contributed by atoms with van der Waals surface area (Å²) in [7, 11) is 0. The van der Waals surface area contributed by atoms with Crippen LogP contribution in [0.25, 0.3) is 0 Å². The number of hydrogen-bond acceptors (Lipinski definition) is 3. The van der Waals surface area contributed by atoms with E-state index in [2.05, 4.69) is 5.32 Å². The molecule has 0 heterocycles. The lowest BCUT2D eigenvalue weighted by atomic mass is 9.97. The summed E-state index contributed by atoms with van der Waals surface area (Å²) in [5.41, 5.74) is 0.552. The highest BCUT2D eigenvalue weighted by Gasteiger charge is 2.30. The van der Waals surface area contributed by atoms with Gasteiger partial charge in [0, 0.05) is 0 Å². The molecule has 1 aliphatic rings. The Morgan fingerprint density at radius 2 is 1.90 bits per heavy atom. The summed E-state index contributed by atoms with van der Waals surface area (Å²) in [4.78, 5) is 23.3. The van der Waals surface area contributed by atoms with Gasteiger partial charge in [-0.05, 0) is 12.0 Å². The highest BCUT2D eigenvalue weighted by Crippen LogP contribution is 2.20. The summed E-state index contributed by atoms with van der Waals surface area (Å²) in [6.07, 6.45) is 6.12. The van der Waals surface area contributed by atoms with E-state index in [-0.39, 0.29) is 11.8 Å². The zero-order chi connectivity index (χ0) is 15.2. The van der Waals surface area contributed by atoms with Crippen LogP contribution < -0.4 is 5.32 Å². The van der Waals surface area contributed by atoms with Crippen LogP contribution in [0.2, 0.25) is 0 Å². The maximum atomic E-state index is 12.2. The summed E-state index contributed by atoms with van der Waals surface area (Å²) in [6.45, 7) is 0. The van der Waals surface area contributed by atoms with Crippen LogP contribution >= 0.6 is 0 Å². The fourth-order valence-corrected chi connectivity index (χ4v) is 2.18. The Balaban J connectivity index is 2.16. The second-order valence-corrected chi connectivity index (χ2v) is 4.84. The second-order valence-electron chi connectivity index (χ2n) is 4.84. The molecule has 0 saturated carbocycles. The molecule has 0 aromatic heterocycles. The normalized spacial score (nSPS) is 19.8. The van der Waals surface area contributed by atoms with E-state index < -0.39 is 18.1 Å². The molecule has 5 heteroatoms. The minimum atomic E-state index is -1.69. The number of carbonyl (C=O) groups excluding carboxylic acids is 1. The molecule has 3 unspecified atom stereocenters. The van der Waals surface area contributed by atoms with Crippen LogP contribution in [0.1, 0.15) is 18.0 Å². The van der Waals surface area contributed by atoms with Gasteiger partial charge in [-0.3, -0.25) is 4.79 Å². The van der Waals surface area contributed by atoms with Crippen molar-refractivity contribution in [1.29, 1.82) is 0 Å². The highest BCUT2D eigenvalue weighted by atomic mass is 16.4. The van der Waals surface area contributed by atoms with Crippen molar-refractivity contribution in [2.45, 2.75) is 18.6 Å². The van der Waals surface area contributed by atoms with Crippen molar-refractivity contribution >= 4 is 11.9 Å². The van der Waals surface area contributed by atoms with Gasteiger partial charge >= 0.3 is 5.97 Å². The minimum absolute atomic E-state index is 0.301. The first-order chi connectivity index (χ1) is 10.1. The number of carboxylic acid groups (broad SMARTS) is 1. The molecule has 110 valence electrons. The molecular formula is C16H17NO4. The van der Waals surface area contributed by atoms with E-state index in [0.717, 1.165) is 0 Å². The van der Waals surface area contributed by atoms with Gasteiger partial charge in [-0.2, -0.15) is 0 Å². The van der Waals surface area contributed by atoms with Crippen LogP contribution in [0, 0.1) is 5.92 Å². The van der Waals surface area contributed by atoms with Crippen molar-refractivity contribution in [2.24, 2.45) is 5.92 Å². The Labute approximate surface area is 122 Å². The monoisotopic (exact) mass is 287 g/mol. The fourth-order valence-electron chi connectivity index (χ4n) is 2.18. The SMILES string of the molecule is O=C(NC(c1ccccc1)C(O)C(=O)O)C1C=CC=CC1. The average Bonchev–Trinajstić information content (AvgIpc) is 2.53. The molecule has 0 saturated heterocycles. The van der Waals surface area contributed by atoms with E-state index in [4.69, 9.17) is 5.11 Å². The molecule has 0 spiro atoms. The number of allylic oxidation sites excluding steroid dienone is 3. The summed E-state index contributed by atoms with van der Waals surface area (Å²) in [5, 5.41) is 21.5. The van der Waals surface area contributed by atoms with Crippen molar-refractivity contribution in [3.05, 3.63) is 60.2 Å². The quantitative estimate of drug-likeness (QED) is 0.764. The lowest BCUT2D eigenvalue weighted by Gasteiger charge is -2.24. The van der Waals surface area contributed by atoms with Gasteiger partial charge in [0.2, 0.25) is 5.91 Å². The molecule has 0 radical (unpaired) electrons. The molecule has 0 aliphatic heterocycles. The minimum Gasteiger partial charge on any atom is -0.479 e. The van der Waals surface area contributed by atoms with Crippen LogP contribution in [-0.4, -0.2) is 28.2 Å². The maximum absolute atomic E-state index is 12.2. The lowest BCUT2D eigenvalue weighted by Crippen LogP contribution is -2.42. The Hall–Kier alpha value is -2.40. The van der Waals surface area contributed by atoms with Gasteiger partial charge in [0.1, 0.15) is 0 Å². The second kappa shape index (κ2) is 6.85. The number of nitrogens with one attached hydrogen (secondary N) is 1. The van der Waals surface area contributed by atoms with Gasteiger partial charge in [0.15, 0.2) is 6.10 Å². The molecule has 0 fully saturated rings. The Morgan fingerprint density at radius 1 is 1.19 bits per heavy atom. The highest BCUT2D eigenvalue weighted by molar-refractivity contribution is 5.83. The summed E-state index contributed by atoms with van der Waals surface area (Å²) in [6, 6.07) is 7.61. The molecule has 21 heavy (non-hydrogen) atoms. The largest absolute Gasteiger partial charge is 0.479 e. The predicted octanol–water partition coefficient (Wildman–Crippen LogP) is 1.42. The molecule has 1 amide bonds. The van der Waals surface area contributed by atoms with E-state index in [1.54, 1.807) is 42.5 Å². The van der Waals surface area contributed by atoms with Gasteiger partial charge in [-0.25, -0.2) is 4.79 Å². The zero-order valence-electron chi connectivity index (χ0n) is 11.3. The number of hydrogen-bond donors (Lipinski definition) is 3. The number of aliphatic hydroxyl groups is 1. The predicted molar refractivity (Wildman–Crippen MR) is 77.4 cm³/mol. The summed E-state index contributed by atoms with van der Waals surface area (Å²) >= 11 is 0. The zero-order valence-corrected chi connectivity index (χ0v) is 11.3. The van der Waals surface area contributed by atoms with Gasteiger partial charge < -0.3 is 15.5 Å². The third-order valence-electron chi connectivity index (χ3n) is 3.34. The van der Waals surface area contributed by atoms with Gasteiger partial charge in [-0.15, -0.1) is 0 Å². The Bertz CT molecular complexity index is 565. The van der Waals surface area contributed by atoms with Gasteiger partial charge in [0.05, 0.1) is 12.0 Å². The number of aliphatic carboxylic acids is 1. The molecule has 0 bridgehead atoms. The van der Waals surface area contributed by atoms with E-state index in [1.165, 1.54) is 0 Å². The van der Waals surface area contributed by atoms with E-state index in [1.807, 2.05) is 12.2 Å². The van der Waals surface area contributed by atoms with Crippen LogP contribution in [0.3, 0.4) is 0 Å². The standard InChI is InChI=1S/C16H17NO4/c18-14(16(20)21)13(11-7-3-1-4-8-11)17-15(19)12-9-5-2-6-10-12/h1-9,12-14,18H,10H2,(H,17,19)(H,20,21). The molecule has 5 nitrogen and oxygen atoms in total. The summed E-state index contributed by atoms with van der Waals surface area (Å²) in [5.74, 6) is -2.02. The average molecular weight is 287 g/mol. The van der Waals surface area contributed by atoms with Crippen molar-refractivity contribution in [2.75, 3.05) is 0 Å². The van der Waals surface area contributed by atoms with E-state index in [9.17, 15) is 14.7 Å². The first-order valence-corrected chi connectivity index (χ1v) is 6.69. The molecule has 3 N–H and O–H groups in total. The molecule has 1 aromatic rings. The lowest BCUT2D eigenvalue weighted by molar-refractivity contribution is -0.148. The van der Waals surface area contributed by atoms with Gasteiger partial charge in [-0.1, -0.05) is 54.6 Å². The third-order valence-corrected chi connectivity index (χ3v) is 3.34. The van der Waals surface area contributed by atoms with E-state index in [0.29, 0.717) is 12.0 Å². The van der Waals surface area contributed by atoms with Crippen molar-refractivity contribution in [3.63, 3.8) is 0 Å². The van der Waals surface area contributed by atoms with Crippen molar-refractivity contribution in [1.82, 2.24) is 5.32 Å². The molecular weight excluding hydrogens is 270 g/mol. The molecule has 1 aromatic carbocycles. The number of aliphatic hydroxyl groups excluding tert-OH is 1. The van der Waals surface area contributed by atoms with Crippen LogP contribution in [0.4, 0.5) is 0 Å². The van der Waals surface area contributed by atoms with E-state index >= 15 is 0 Å². The van der Waals surface area contributed by atoms with Crippen LogP contribution in [0.5, 0.6) is 0 Å². The molecule has 2 rings (SSSR count). The Kier molecular flexibility index (Phi) is 4.90. The number of amides is 1. The maximum Gasteiger partial charge on any atom is 0.335 e. The van der Waals surface area contributed by atoms with Crippen LogP contribution in [0.15, 0.2) is 54.6 Å². The first-order valence-electron chi connectivity index (χ1n) is 6.69. The number of carboxylic acids is 1. The third kappa shape index (κ3) is 3.79. The van der Waals surface area contributed by atoms with Gasteiger partial charge in [0.25, 0.3) is 0 Å². The Morgan fingerprint density at radius 3 is 2.48 bits per heavy atom. The number of benzene rings is 1. The smallest absolute Gasteiger partial charge is 0.335 e. The fraction of sp³-hybridized carbons (Fsp3) is 0.250.